The van der Waals surface area contributed by atoms with Crippen molar-refractivity contribution in [1.29, 1.82) is 0 Å². The molecule has 1 fully saturated rings. The maximum Gasteiger partial charge on any atom is -0.0132 e. The highest BCUT2D eigenvalue weighted by Crippen LogP contribution is 2.52. The van der Waals surface area contributed by atoms with E-state index in [4.69, 9.17) is 0 Å². The monoisotopic (exact) mass is 228 g/mol. The van der Waals surface area contributed by atoms with Crippen molar-refractivity contribution in [3.8, 4) is 0 Å². The first-order valence-electron chi connectivity index (χ1n) is 6.58. The summed E-state index contributed by atoms with van der Waals surface area (Å²) in [6.45, 7) is 11.4. The third kappa shape index (κ3) is 3.00. The molecular weight excluding hydrogens is 204 g/mol. The van der Waals surface area contributed by atoms with E-state index in [0.717, 1.165) is 5.92 Å². The lowest BCUT2D eigenvalue weighted by Crippen LogP contribution is -2.10. The van der Waals surface area contributed by atoms with Crippen LogP contribution in [0.1, 0.15) is 52.2 Å². The molecule has 1 aliphatic carbocycles. The maximum absolute atomic E-state index is 2.37. The van der Waals surface area contributed by atoms with Gasteiger partial charge in [0, 0.05) is 0 Å². The van der Waals surface area contributed by atoms with Gasteiger partial charge in [-0.05, 0) is 34.3 Å². The lowest BCUT2D eigenvalue weighted by molar-refractivity contribution is 0.590. The van der Waals surface area contributed by atoms with Gasteiger partial charge < -0.3 is 0 Å². The Labute approximate surface area is 106 Å². The lowest BCUT2D eigenvalue weighted by atomic mass is 9.87. The third-order valence-electron chi connectivity index (χ3n) is 3.89. The average molecular weight is 228 g/mol. The first-order valence-corrected chi connectivity index (χ1v) is 6.58. The second-order valence-corrected chi connectivity index (χ2v) is 7.03. The Morgan fingerprint density at radius 2 is 1.65 bits per heavy atom. The van der Waals surface area contributed by atoms with Crippen molar-refractivity contribution in [3.05, 3.63) is 41.5 Å². The predicted molar refractivity (Wildman–Crippen MR) is 76.1 cm³/mol. The molecule has 92 valence electrons. The molecule has 17 heavy (non-hydrogen) atoms. The van der Waals surface area contributed by atoms with Gasteiger partial charge in [-0.1, -0.05) is 71.0 Å². The summed E-state index contributed by atoms with van der Waals surface area (Å²) >= 11 is 0. The van der Waals surface area contributed by atoms with Gasteiger partial charge in [-0.2, -0.15) is 0 Å². The van der Waals surface area contributed by atoms with Gasteiger partial charge in [-0.3, -0.25) is 0 Å². The molecule has 0 aliphatic heterocycles. The van der Waals surface area contributed by atoms with Crippen molar-refractivity contribution in [2.24, 2.45) is 11.3 Å². The minimum Gasteiger partial charge on any atom is -0.0803 e. The van der Waals surface area contributed by atoms with Crippen LogP contribution in [0.3, 0.4) is 0 Å². The normalized spacial score (nSPS) is 23.0. The molecule has 0 bridgehead atoms. The van der Waals surface area contributed by atoms with E-state index in [0.29, 0.717) is 5.41 Å². The average Bonchev–Trinajstić information content (AvgIpc) is 2.83. The van der Waals surface area contributed by atoms with Gasteiger partial charge >= 0.3 is 0 Å². The van der Waals surface area contributed by atoms with E-state index in [1.807, 2.05) is 0 Å². The molecule has 1 aliphatic rings. The van der Waals surface area contributed by atoms with Gasteiger partial charge in [-0.25, -0.2) is 0 Å². The third-order valence-corrected chi connectivity index (χ3v) is 3.89. The zero-order chi connectivity index (χ0) is 12.7. The zero-order valence-electron chi connectivity index (χ0n) is 11.7. The summed E-state index contributed by atoms with van der Waals surface area (Å²) in [7, 11) is 0. The number of hydrogen-bond acceptors (Lipinski definition) is 0. The molecule has 0 aromatic heterocycles. The fraction of sp³-hybridized carbons (Fsp3) is 0.529. The summed E-state index contributed by atoms with van der Waals surface area (Å²) in [4.78, 5) is 0. The molecule has 0 saturated heterocycles. The van der Waals surface area contributed by atoms with Crippen LogP contribution in [0.2, 0.25) is 0 Å². The van der Waals surface area contributed by atoms with E-state index in [1.165, 1.54) is 17.5 Å². The Balaban J connectivity index is 2.04. The zero-order valence-corrected chi connectivity index (χ0v) is 11.7. The maximum atomic E-state index is 2.37. The molecule has 0 heteroatoms. The van der Waals surface area contributed by atoms with Crippen LogP contribution in [0.15, 0.2) is 30.3 Å². The van der Waals surface area contributed by atoms with Crippen LogP contribution >= 0.6 is 0 Å². The van der Waals surface area contributed by atoms with Crippen LogP contribution in [0.25, 0.3) is 6.08 Å². The second kappa shape index (κ2) is 4.01. The number of benzene rings is 1. The highest BCUT2D eigenvalue weighted by Gasteiger charge is 2.43. The smallest absolute Gasteiger partial charge is 0.0132 e. The molecule has 1 aromatic carbocycles. The molecule has 0 radical (unpaired) electrons. The lowest BCUT2D eigenvalue weighted by Gasteiger charge is -2.18. The summed E-state index contributed by atoms with van der Waals surface area (Å²) in [6.07, 6.45) is 5.97. The van der Waals surface area contributed by atoms with Gasteiger partial charge in [0.1, 0.15) is 0 Å². The summed E-state index contributed by atoms with van der Waals surface area (Å²) < 4.78 is 0. The molecule has 0 heterocycles. The van der Waals surface area contributed by atoms with Crippen LogP contribution in [0, 0.1) is 11.3 Å². The summed E-state index contributed by atoms with van der Waals surface area (Å²) in [6, 6.07) is 8.95. The Morgan fingerprint density at radius 1 is 1.12 bits per heavy atom. The van der Waals surface area contributed by atoms with Gasteiger partial charge in [-0.15, -0.1) is 0 Å². The minimum absolute atomic E-state index is 0.251. The van der Waals surface area contributed by atoms with Crippen LogP contribution in [-0.4, -0.2) is 0 Å². The molecule has 0 N–H and O–H groups in total. The molecule has 1 atom stereocenters. The van der Waals surface area contributed by atoms with E-state index in [9.17, 15) is 0 Å². The van der Waals surface area contributed by atoms with Crippen molar-refractivity contribution in [2.75, 3.05) is 0 Å². The van der Waals surface area contributed by atoms with E-state index >= 15 is 0 Å². The molecule has 1 saturated carbocycles. The van der Waals surface area contributed by atoms with E-state index in [2.05, 4.69) is 71.0 Å². The molecule has 0 nitrogen and oxygen atoms in total. The largest absolute Gasteiger partial charge is 0.0803 e. The topological polar surface area (TPSA) is 0 Å². The van der Waals surface area contributed by atoms with Gasteiger partial charge in [0.25, 0.3) is 0 Å². The highest BCUT2D eigenvalue weighted by atomic mass is 14.5. The quantitative estimate of drug-likeness (QED) is 0.665. The van der Waals surface area contributed by atoms with Crippen molar-refractivity contribution in [2.45, 2.75) is 46.5 Å². The molecular formula is C17H24. The molecule has 2 rings (SSSR count). The molecule has 0 spiro atoms. The molecule has 1 aromatic rings. The minimum atomic E-state index is 0.251. The summed E-state index contributed by atoms with van der Waals surface area (Å²) in [5.41, 5.74) is 3.52. The van der Waals surface area contributed by atoms with Crippen molar-refractivity contribution in [3.63, 3.8) is 0 Å². The van der Waals surface area contributed by atoms with Crippen LogP contribution in [-0.2, 0) is 5.41 Å². The number of rotatable bonds is 2. The van der Waals surface area contributed by atoms with Crippen molar-refractivity contribution < 1.29 is 0 Å². The highest BCUT2D eigenvalue weighted by molar-refractivity contribution is 5.51. The predicted octanol–water partition coefficient (Wildman–Crippen LogP) is 5.04. The van der Waals surface area contributed by atoms with E-state index < -0.39 is 0 Å². The fourth-order valence-electron chi connectivity index (χ4n) is 2.16. The Hall–Kier alpha value is -1.04. The first-order chi connectivity index (χ1) is 7.79. The van der Waals surface area contributed by atoms with Gasteiger partial charge in [0.05, 0.1) is 0 Å². The Kier molecular flexibility index (Phi) is 2.93. The summed E-state index contributed by atoms with van der Waals surface area (Å²) in [5.74, 6) is 0.782. The van der Waals surface area contributed by atoms with Crippen molar-refractivity contribution in [1.82, 2.24) is 0 Å². The molecule has 1 unspecified atom stereocenters. The first kappa shape index (κ1) is 12.4. The summed E-state index contributed by atoms with van der Waals surface area (Å²) in [5, 5.41) is 0. The van der Waals surface area contributed by atoms with Crippen LogP contribution in [0.4, 0.5) is 0 Å². The Bertz CT molecular complexity index is 412. The second-order valence-electron chi connectivity index (χ2n) is 7.03. The Morgan fingerprint density at radius 3 is 2.06 bits per heavy atom. The van der Waals surface area contributed by atoms with E-state index in [1.54, 1.807) is 0 Å². The van der Waals surface area contributed by atoms with Crippen LogP contribution in [0.5, 0.6) is 0 Å². The molecule has 0 amide bonds. The SMILES string of the molecule is CC(C)(C)c1ccc(C=CC2CC2(C)C)cc1. The number of allylic oxidation sites excluding steroid dienone is 1. The van der Waals surface area contributed by atoms with Crippen LogP contribution < -0.4 is 0 Å². The van der Waals surface area contributed by atoms with Gasteiger partial charge in [0.15, 0.2) is 0 Å². The van der Waals surface area contributed by atoms with E-state index in [-0.39, 0.29) is 5.41 Å². The van der Waals surface area contributed by atoms with Crippen molar-refractivity contribution >= 4 is 6.08 Å². The fourth-order valence-corrected chi connectivity index (χ4v) is 2.16. The number of hydrogen-bond donors (Lipinski definition) is 0. The van der Waals surface area contributed by atoms with Gasteiger partial charge in [0.2, 0.25) is 0 Å². The standard InChI is InChI=1S/C17H24/c1-16(2,3)14-9-6-13(7-10-14)8-11-15-12-17(15,4)5/h6-11,15H,12H2,1-5H3.